The molecule has 2 aromatic rings. The number of hydrogen-bond donors (Lipinski definition) is 2. The molecule has 0 unspecified atom stereocenters. The second-order valence-electron chi connectivity index (χ2n) is 7.55. The van der Waals surface area contributed by atoms with Gasteiger partial charge >= 0.3 is 6.09 Å². The third kappa shape index (κ3) is 5.11. The van der Waals surface area contributed by atoms with Gasteiger partial charge in [-0.15, -0.1) is 0 Å². The third-order valence-electron chi connectivity index (χ3n) is 5.45. The number of benzene rings is 1. The van der Waals surface area contributed by atoms with E-state index >= 15 is 0 Å². The van der Waals surface area contributed by atoms with Crippen LogP contribution in [0, 0.1) is 0 Å². The number of rotatable bonds is 9. The van der Waals surface area contributed by atoms with Crippen LogP contribution in [0.3, 0.4) is 0 Å². The van der Waals surface area contributed by atoms with E-state index in [-0.39, 0.29) is 12.1 Å². The maximum atomic E-state index is 12.0. The van der Waals surface area contributed by atoms with Crippen molar-refractivity contribution in [2.45, 2.75) is 32.2 Å². The first-order valence-corrected chi connectivity index (χ1v) is 10.5. The van der Waals surface area contributed by atoms with Crippen LogP contribution in [0.1, 0.15) is 26.2 Å². The van der Waals surface area contributed by atoms with Crippen molar-refractivity contribution in [3.63, 3.8) is 0 Å². The number of hydrogen-bond acceptors (Lipinski definition) is 7. The monoisotopic (exact) mass is 414 g/mol. The Hall–Kier alpha value is -3.03. The van der Waals surface area contributed by atoms with E-state index in [0.29, 0.717) is 50.5 Å². The van der Waals surface area contributed by atoms with Gasteiger partial charge in [0.05, 0.1) is 6.61 Å². The van der Waals surface area contributed by atoms with Crippen LogP contribution in [0.2, 0.25) is 0 Å². The number of ether oxygens (including phenoxy) is 1. The van der Waals surface area contributed by atoms with Gasteiger partial charge in [-0.25, -0.2) is 4.79 Å². The minimum absolute atomic E-state index is 0.0590. The number of likely N-dealkylation sites (tertiary alicyclic amines) is 1. The molecule has 8 nitrogen and oxygen atoms in total. The Bertz CT molecular complexity index is 900. The normalized spacial score (nSPS) is 14.5. The highest BCUT2D eigenvalue weighted by Crippen LogP contribution is 2.20. The zero-order valence-corrected chi connectivity index (χ0v) is 17.6. The Morgan fingerprint density at radius 2 is 1.80 bits per heavy atom. The van der Waals surface area contributed by atoms with Gasteiger partial charge in [0.15, 0.2) is 0 Å². The molecule has 0 radical (unpaired) electrons. The molecule has 1 aliphatic heterocycles. The van der Waals surface area contributed by atoms with Crippen LogP contribution in [-0.2, 0) is 4.74 Å². The van der Waals surface area contributed by atoms with Gasteiger partial charge in [-0.1, -0.05) is 18.2 Å². The van der Waals surface area contributed by atoms with E-state index in [9.17, 15) is 14.4 Å². The summed E-state index contributed by atoms with van der Waals surface area (Å²) in [7, 11) is 2.03. The zero-order valence-electron chi connectivity index (χ0n) is 17.6. The molecule has 2 aromatic carbocycles. The van der Waals surface area contributed by atoms with Crippen LogP contribution < -0.4 is 26.4 Å². The molecule has 1 heterocycles. The molecule has 8 heteroatoms. The standard InChI is InChI=1S/C22H30N4O4/c1-3-30-22(29)26-14-10-16(11-15-26)24-19-18(20(27)21(19)28)23-12-7-13-25(2)17-8-5-4-6-9-17/h4-6,8-9,16,23-24H,3,7,10-15H2,1-2H3. The average molecular weight is 415 g/mol. The Morgan fingerprint density at radius 1 is 1.13 bits per heavy atom. The molecule has 2 N–H and O–H groups in total. The molecule has 1 saturated heterocycles. The fraction of sp³-hybridized carbons (Fsp3) is 0.500. The summed E-state index contributed by atoms with van der Waals surface area (Å²) in [6.45, 7) is 4.73. The summed E-state index contributed by atoms with van der Waals surface area (Å²) in [6, 6.07) is 10.2. The van der Waals surface area contributed by atoms with Crippen LogP contribution in [0.5, 0.6) is 0 Å². The number of carbonyl (C=O) groups excluding carboxylic acids is 1. The summed E-state index contributed by atoms with van der Waals surface area (Å²) < 4.78 is 5.02. The first-order chi connectivity index (χ1) is 14.5. The number of nitrogens with zero attached hydrogens (tertiary/aromatic N) is 2. The van der Waals surface area contributed by atoms with E-state index < -0.39 is 10.9 Å². The summed E-state index contributed by atoms with van der Waals surface area (Å²) in [5.74, 6) is 0. The lowest BCUT2D eigenvalue weighted by Crippen LogP contribution is -2.45. The molecule has 3 rings (SSSR count). The van der Waals surface area contributed by atoms with Crippen molar-refractivity contribution in [3.05, 3.63) is 50.8 Å². The summed E-state index contributed by atoms with van der Waals surface area (Å²) in [4.78, 5) is 39.6. The maximum absolute atomic E-state index is 12.0. The smallest absolute Gasteiger partial charge is 0.409 e. The van der Waals surface area contributed by atoms with Crippen molar-refractivity contribution >= 4 is 23.2 Å². The van der Waals surface area contributed by atoms with Crippen molar-refractivity contribution in [1.82, 2.24) is 4.90 Å². The van der Waals surface area contributed by atoms with E-state index in [4.69, 9.17) is 4.74 Å². The molecule has 0 bridgehead atoms. The zero-order chi connectivity index (χ0) is 21.5. The van der Waals surface area contributed by atoms with Crippen LogP contribution >= 0.6 is 0 Å². The molecular formula is C22H30N4O4. The Morgan fingerprint density at radius 3 is 2.47 bits per heavy atom. The molecule has 0 saturated carbocycles. The summed E-state index contributed by atoms with van der Waals surface area (Å²) in [5, 5.41) is 6.34. The average Bonchev–Trinajstić information content (AvgIpc) is 2.78. The van der Waals surface area contributed by atoms with E-state index in [1.54, 1.807) is 11.8 Å². The highest BCUT2D eigenvalue weighted by Gasteiger charge is 2.27. The Balaban J connectivity index is 1.45. The molecule has 162 valence electrons. The lowest BCUT2D eigenvalue weighted by molar-refractivity contribution is 0.0983. The van der Waals surface area contributed by atoms with Gasteiger partial charge in [0.1, 0.15) is 11.4 Å². The van der Waals surface area contributed by atoms with Crippen molar-refractivity contribution < 1.29 is 9.53 Å². The van der Waals surface area contributed by atoms with E-state index in [1.807, 2.05) is 25.2 Å². The number of nitrogens with one attached hydrogen (secondary N) is 2. The summed E-state index contributed by atoms with van der Waals surface area (Å²) in [5.41, 5.74) is 0.980. The lowest BCUT2D eigenvalue weighted by atomic mass is 10.0. The highest BCUT2D eigenvalue weighted by atomic mass is 16.6. The molecule has 1 fully saturated rings. The number of para-hydroxylation sites is 1. The third-order valence-corrected chi connectivity index (χ3v) is 5.45. The minimum atomic E-state index is -0.466. The molecule has 30 heavy (non-hydrogen) atoms. The molecule has 0 aromatic heterocycles. The first-order valence-electron chi connectivity index (χ1n) is 10.5. The number of piperidine rings is 1. The quantitative estimate of drug-likeness (QED) is 0.480. The first kappa shape index (κ1) is 21.7. The predicted octanol–water partition coefficient (Wildman–Crippen LogP) is 2.25. The van der Waals surface area contributed by atoms with Crippen molar-refractivity contribution in [3.8, 4) is 0 Å². The Labute approximate surface area is 176 Å². The predicted molar refractivity (Wildman–Crippen MR) is 119 cm³/mol. The topological polar surface area (TPSA) is 91.0 Å². The van der Waals surface area contributed by atoms with Gasteiger partial charge < -0.3 is 25.2 Å². The SMILES string of the molecule is CCOC(=O)N1CCC(Nc2c(NCCCN(C)c3ccccc3)c(=O)c2=O)CC1. The van der Waals surface area contributed by atoms with Gasteiger partial charge in [0, 0.05) is 45.0 Å². The second kappa shape index (κ2) is 10.1. The number of amides is 1. The number of anilines is 3. The summed E-state index contributed by atoms with van der Waals surface area (Å²) in [6.07, 6.45) is 1.95. The van der Waals surface area contributed by atoms with E-state index in [1.165, 1.54) is 0 Å². The molecule has 0 spiro atoms. The maximum Gasteiger partial charge on any atom is 0.409 e. The Kier molecular flexibility index (Phi) is 7.32. The molecule has 0 aliphatic carbocycles. The minimum Gasteiger partial charge on any atom is -0.450 e. The van der Waals surface area contributed by atoms with Crippen LogP contribution in [0.15, 0.2) is 39.9 Å². The largest absolute Gasteiger partial charge is 0.450 e. The van der Waals surface area contributed by atoms with E-state index in [0.717, 1.165) is 18.7 Å². The number of carbonyl (C=O) groups is 1. The van der Waals surface area contributed by atoms with Crippen molar-refractivity contribution in [2.75, 3.05) is 55.4 Å². The van der Waals surface area contributed by atoms with Crippen LogP contribution in [0.25, 0.3) is 0 Å². The van der Waals surface area contributed by atoms with Crippen LogP contribution in [0.4, 0.5) is 21.9 Å². The summed E-state index contributed by atoms with van der Waals surface area (Å²) >= 11 is 0. The lowest BCUT2D eigenvalue weighted by Gasteiger charge is -2.32. The van der Waals surface area contributed by atoms with Crippen molar-refractivity contribution in [2.24, 2.45) is 0 Å². The van der Waals surface area contributed by atoms with Crippen molar-refractivity contribution in [1.29, 1.82) is 0 Å². The van der Waals surface area contributed by atoms with Gasteiger partial charge in [-0.2, -0.15) is 0 Å². The molecule has 1 aliphatic rings. The fourth-order valence-electron chi connectivity index (χ4n) is 3.66. The molecular weight excluding hydrogens is 384 g/mol. The van der Waals surface area contributed by atoms with Gasteiger partial charge in [0.25, 0.3) is 10.9 Å². The van der Waals surface area contributed by atoms with Gasteiger partial charge in [-0.05, 0) is 38.3 Å². The second-order valence-corrected chi connectivity index (χ2v) is 7.55. The highest BCUT2D eigenvalue weighted by molar-refractivity contribution is 5.74. The fourth-order valence-corrected chi connectivity index (χ4v) is 3.66. The van der Waals surface area contributed by atoms with Gasteiger partial charge in [0.2, 0.25) is 0 Å². The van der Waals surface area contributed by atoms with Gasteiger partial charge in [-0.3, -0.25) is 9.59 Å². The molecule has 0 atom stereocenters. The van der Waals surface area contributed by atoms with E-state index in [2.05, 4.69) is 27.7 Å². The van der Waals surface area contributed by atoms with Crippen LogP contribution in [-0.4, -0.2) is 56.9 Å². The molecule has 1 amide bonds.